The van der Waals surface area contributed by atoms with E-state index in [9.17, 15) is 4.79 Å². The zero-order valence-corrected chi connectivity index (χ0v) is 13.3. The fourth-order valence-corrected chi connectivity index (χ4v) is 4.34. The van der Waals surface area contributed by atoms with Gasteiger partial charge in [0, 0.05) is 38.5 Å². The van der Waals surface area contributed by atoms with E-state index in [0.717, 1.165) is 44.0 Å². The fourth-order valence-electron chi connectivity index (χ4n) is 4.34. The second kappa shape index (κ2) is 5.85. The van der Waals surface area contributed by atoms with Crippen molar-refractivity contribution >= 4 is 5.91 Å². The number of rotatable bonds is 2. The third kappa shape index (κ3) is 2.75. The summed E-state index contributed by atoms with van der Waals surface area (Å²) in [6.45, 7) is 3.74. The van der Waals surface area contributed by atoms with Crippen molar-refractivity contribution in [3.63, 3.8) is 0 Å². The molecule has 0 radical (unpaired) electrons. The first kappa shape index (κ1) is 15.1. The molecule has 1 spiro atoms. The average molecular weight is 317 g/mol. The molecule has 0 aromatic carbocycles. The Bertz CT molecular complexity index is 605. The molecule has 23 heavy (non-hydrogen) atoms. The Labute approximate surface area is 135 Å². The maximum atomic E-state index is 11.5. The molecule has 1 aromatic heterocycles. The van der Waals surface area contributed by atoms with Gasteiger partial charge in [-0.15, -0.1) is 0 Å². The lowest BCUT2D eigenvalue weighted by atomic mass is 9.60. The second-order valence-electron chi connectivity index (χ2n) is 7.17. The van der Waals surface area contributed by atoms with E-state index < -0.39 is 5.91 Å². The predicted octanol–water partition coefficient (Wildman–Crippen LogP) is 1.52. The quantitative estimate of drug-likeness (QED) is 0.639. The predicted molar refractivity (Wildman–Crippen MR) is 83.1 cm³/mol. The number of nitrogens with zero attached hydrogens (tertiary/aromatic N) is 2. The van der Waals surface area contributed by atoms with Crippen LogP contribution in [0.5, 0.6) is 0 Å². The van der Waals surface area contributed by atoms with Crippen LogP contribution in [0.1, 0.15) is 47.3 Å². The molecular formula is C17H23N3O3. The molecule has 1 amide bonds. The van der Waals surface area contributed by atoms with Gasteiger partial charge in [-0.1, -0.05) is 0 Å². The van der Waals surface area contributed by atoms with Crippen molar-refractivity contribution in [1.29, 1.82) is 0 Å². The van der Waals surface area contributed by atoms with Gasteiger partial charge in [-0.05, 0) is 49.1 Å². The van der Waals surface area contributed by atoms with E-state index in [1.165, 1.54) is 25.7 Å². The van der Waals surface area contributed by atoms with Crippen LogP contribution in [0.15, 0.2) is 12.3 Å². The number of amides is 1. The molecule has 1 saturated carbocycles. The minimum Gasteiger partial charge on any atom is -0.381 e. The normalized spacial score (nSPS) is 24.0. The maximum absolute atomic E-state index is 11.5. The van der Waals surface area contributed by atoms with E-state index in [2.05, 4.69) is 9.88 Å². The Morgan fingerprint density at radius 2 is 2.17 bits per heavy atom. The van der Waals surface area contributed by atoms with Crippen molar-refractivity contribution in [1.82, 2.24) is 15.4 Å². The zero-order chi connectivity index (χ0) is 15.9. The van der Waals surface area contributed by atoms with Crippen LogP contribution in [0, 0.1) is 5.41 Å². The van der Waals surface area contributed by atoms with Crippen LogP contribution < -0.4 is 5.48 Å². The highest BCUT2D eigenvalue weighted by Crippen LogP contribution is 2.51. The topological polar surface area (TPSA) is 74.7 Å². The summed E-state index contributed by atoms with van der Waals surface area (Å²) in [7, 11) is 0. The lowest BCUT2D eigenvalue weighted by molar-refractivity contribution is -0.0793. The zero-order valence-electron chi connectivity index (χ0n) is 13.3. The van der Waals surface area contributed by atoms with Gasteiger partial charge in [0.1, 0.15) is 0 Å². The minimum atomic E-state index is -0.497. The lowest BCUT2D eigenvalue weighted by Gasteiger charge is -2.54. The molecule has 2 aliphatic heterocycles. The number of hydrogen-bond acceptors (Lipinski definition) is 5. The van der Waals surface area contributed by atoms with Crippen LogP contribution in [0.3, 0.4) is 0 Å². The number of carbonyl (C=O) groups is 1. The summed E-state index contributed by atoms with van der Waals surface area (Å²) < 4.78 is 5.49. The summed E-state index contributed by atoms with van der Waals surface area (Å²) in [5.41, 5.74) is 4.82. The van der Waals surface area contributed by atoms with Crippen molar-refractivity contribution in [2.75, 3.05) is 19.8 Å². The van der Waals surface area contributed by atoms with E-state index in [0.29, 0.717) is 17.0 Å². The number of nitrogens with one attached hydrogen (secondary N) is 1. The van der Waals surface area contributed by atoms with Gasteiger partial charge in [-0.3, -0.25) is 19.9 Å². The van der Waals surface area contributed by atoms with Crippen LogP contribution >= 0.6 is 0 Å². The number of fused-ring (bicyclic) bond motifs is 1. The number of ether oxygens (including phenoxy) is 1. The number of carbonyl (C=O) groups excluding carboxylic acids is 1. The van der Waals surface area contributed by atoms with Gasteiger partial charge in [0.15, 0.2) is 0 Å². The molecule has 6 nitrogen and oxygen atoms in total. The van der Waals surface area contributed by atoms with Gasteiger partial charge in [0.25, 0.3) is 5.91 Å². The summed E-state index contributed by atoms with van der Waals surface area (Å²) in [6.07, 6.45) is 7.47. The molecule has 3 heterocycles. The first-order valence-corrected chi connectivity index (χ1v) is 8.43. The Morgan fingerprint density at radius 3 is 2.91 bits per heavy atom. The van der Waals surface area contributed by atoms with Crippen molar-refractivity contribution < 1.29 is 14.7 Å². The third-order valence-electron chi connectivity index (χ3n) is 5.85. The van der Waals surface area contributed by atoms with Gasteiger partial charge in [0.05, 0.1) is 11.3 Å². The van der Waals surface area contributed by atoms with Crippen LogP contribution in [-0.4, -0.2) is 46.8 Å². The van der Waals surface area contributed by atoms with Crippen LogP contribution in [0.25, 0.3) is 0 Å². The highest BCUT2D eigenvalue weighted by molar-refractivity contribution is 5.93. The molecule has 6 heteroatoms. The Hall–Kier alpha value is -1.50. The second-order valence-corrected chi connectivity index (χ2v) is 7.17. The third-order valence-corrected chi connectivity index (χ3v) is 5.85. The van der Waals surface area contributed by atoms with E-state index in [-0.39, 0.29) is 0 Å². The summed E-state index contributed by atoms with van der Waals surface area (Å²) in [5.74, 6) is -0.497. The Kier molecular flexibility index (Phi) is 3.83. The molecule has 1 aromatic rings. The summed E-state index contributed by atoms with van der Waals surface area (Å²) >= 11 is 0. The molecule has 4 rings (SSSR count). The van der Waals surface area contributed by atoms with Gasteiger partial charge in [-0.25, -0.2) is 5.48 Å². The van der Waals surface area contributed by atoms with Gasteiger partial charge >= 0.3 is 0 Å². The molecule has 1 saturated heterocycles. The summed E-state index contributed by atoms with van der Waals surface area (Å²) in [5, 5.41) is 8.72. The average Bonchev–Trinajstić information content (AvgIpc) is 2.58. The molecule has 3 aliphatic rings. The van der Waals surface area contributed by atoms with Crippen molar-refractivity contribution in [2.24, 2.45) is 5.41 Å². The molecule has 2 N–H and O–H groups in total. The summed E-state index contributed by atoms with van der Waals surface area (Å²) in [4.78, 5) is 18.5. The van der Waals surface area contributed by atoms with Crippen molar-refractivity contribution in [3.8, 4) is 0 Å². The molecule has 0 bridgehead atoms. The van der Waals surface area contributed by atoms with E-state index >= 15 is 0 Å². The molecule has 0 atom stereocenters. The first-order valence-electron chi connectivity index (χ1n) is 8.43. The summed E-state index contributed by atoms with van der Waals surface area (Å²) in [6, 6.07) is 2.52. The molecule has 2 fully saturated rings. The smallest absolute Gasteiger partial charge is 0.276 e. The van der Waals surface area contributed by atoms with E-state index in [1.807, 2.05) is 6.07 Å². The standard InChI is InChI=1S/C17H23N3O3/c21-16(19-22)13-7-12-1-4-20(11-15(12)18-10-13)14-8-17(9-14)2-5-23-6-3-17/h7,10,14,22H,1-6,8-9,11H2,(H,19,21). The van der Waals surface area contributed by atoms with Gasteiger partial charge in [0.2, 0.25) is 0 Å². The van der Waals surface area contributed by atoms with Crippen LogP contribution in [0.2, 0.25) is 0 Å². The molecule has 1 aliphatic carbocycles. The highest BCUT2D eigenvalue weighted by atomic mass is 16.5. The van der Waals surface area contributed by atoms with Crippen LogP contribution in [0.4, 0.5) is 0 Å². The van der Waals surface area contributed by atoms with Gasteiger partial charge in [-0.2, -0.15) is 0 Å². The number of hydrogen-bond donors (Lipinski definition) is 2. The minimum absolute atomic E-state index is 0.421. The number of pyridine rings is 1. The van der Waals surface area contributed by atoms with Crippen molar-refractivity contribution in [3.05, 3.63) is 29.1 Å². The SMILES string of the molecule is O=C(NO)c1cnc2c(c1)CCN(C1CC3(CCOCC3)C1)C2. The van der Waals surface area contributed by atoms with E-state index in [1.54, 1.807) is 11.7 Å². The van der Waals surface area contributed by atoms with Gasteiger partial charge < -0.3 is 4.74 Å². The van der Waals surface area contributed by atoms with Crippen molar-refractivity contribution in [2.45, 2.75) is 44.7 Å². The maximum Gasteiger partial charge on any atom is 0.276 e. The largest absolute Gasteiger partial charge is 0.381 e. The first-order chi connectivity index (χ1) is 11.2. The lowest BCUT2D eigenvalue weighted by Crippen LogP contribution is -2.54. The number of hydroxylamine groups is 1. The molecular weight excluding hydrogens is 294 g/mol. The van der Waals surface area contributed by atoms with E-state index in [4.69, 9.17) is 9.94 Å². The monoisotopic (exact) mass is 317 g/mol. The number of aromatic nitrogens is 1. The van der Waals surface area contributed by atoms with Crippen LogP contribution in [-0.2, 0) is 17.7 Å². The Morgan fingerprint density at radius 1 is 1.39 bits per heavy atom. The Balaban J connectivity index is 1.41. The fraction of sp³-hybridized carbons (Fsp3) is 0.647. The molecule has 124 valence electrons. The highest BCUT2D eigenvalue weighted by Gasteiger charge is 2.47. The molecule has 0 unspecified atom stereocenters.